The van der Waals surface area contributed by atoms with Gasteiger partial charge in [0.05, 0.1) is 16.1 Å². The SMILES string of the molecule is CNC(=O)[C@@H](C)N(Cc1ccc(C)cc1)C(=O)CN(c1cccc(C(F)(F)F)c1)S(=O)(=O)c1ccc(C)cc1. The molecule has 3 aromatic carbocycles. The number of nitrogens with one attached hydrogen (secondary N) is 1. The third-order valence-electron chi connectivity index (χ3n) is 6.24. The van der Waals surface area contributed by atoms with E-state index in [1.165, 1.54) is 37.1 Å². The summed E-state index contributed by atoms with van der Waals surface area (Å²) in [6.45, 7) is 4.30. The highest BCUT2D eigenvalue weighted by Crippen LogP contribution is 2.33. The van der Waals surface area contributed by atoms with Crippen LogP contribution in [0.15, 0.2) is 77.7 Å². The van der Waals surface area contributed by atoms with Crippen molar-refractivity contribution in [3.63, 3.8) is 0 Å². The van der Waals surface area contributed by atoms with E-state index in [1.54, 1.807) is 31.2 Å². The lowest BCUT2D eigenvalue weighted by molar-refractivity contribution is -0.139. The zero-order valence-corrected chi connectivity index (χ0v) is 22.8. The standard InChI is InChI=1S/C28H30F3N3O4S/c1-19-8-12-22(13-9-19)17-33(21(3)27(36)32-4)26(35)18-34(24-7-5-6-23(16-24)28(29,30)31)39(37,38)25-14-10-20(2)11-15-25/h5-16,21H,17-18H2,1-4H3,(H,32,36)/t21-/m1/s1. The Bertz CT molecular complexity index is 1420. The number of hydrogen-bond acceptors (Lipinski definition) is 4. The molecule has 0 aliphatic carbocycles. The molecule has 0 fully saturated rings. The smallest absolute Gasteiger partial charge is 0.357 e. The Hall–Kier alpha value is -3.86. The van der Waals surface area contributed by atoms with E-state index in [2.05, 4.69) is 5.32 Å². The number of halogens is 3. The quantitative estimate of drug-likeness (QED) is 0.411. The van der Waals surface area contributed by atoms with E-state index in [9.17, 15) is 31.2 Å². The predicted molar refractivity (Wildman–Crippen MR) is 142 cm³/mol. The van der Waals surface area contributed by atoms with E-state index in [-0.39, 0.29) is 17.1 Å². The highest BCUT2D eigenvalue weighted by molar-refractivity contribution is 7.92. The molecule has 39 heavy (non-hydrogen) atoms. The number of hydrogen-bond donors (Lipinski definition) is 1. The van der Waals surface area contributed by atoms with Crippen molar-refractivity contribution in [1.29, 1.82) is 0 Å². The maximum atomic E-state index is 13.7. The van der Waals surface area contributed by atoms with E-state index >= 15 is 0 Å². The van der Waals surface area contributed by atoms with Crippen LogP contribution in [0.5, 0.6) is 0 Å². The lowest BCUT2D eigenvalue weighted by Gasteiger charge is -2.32. The molecule has 0 unspecified atom stereocenters. The molecule has 2 amide bonds. The molecule has 0 aliphatic rings. The fourth-order valence-corrected chi connectivity index (χ4v) is 5.29. The van der Waals surface area contributed by atoms with Gasteiger partial charge in [-0.15, -0.1) is 0 Å². The summed E-state index contributed by atoms with van der Waals surface area (Å²) in [6.07, 6.45) is -4.73. The van der Waals surface area contributed by atoms with Gasteiger partial charge >= 0.3 is 6.18 Å². The van der Waals surface area contributed by atoms with Crippen LogP contribution in [0.25, 0.3) is 0 Å². The Kier molecular flexibility index (Phi) is 9.06. The van der Waals surface area contributed by atoms with Crippen LogP contribution in [-0.4, -0.2) is 44.8 Å². The van der Waals surface area contributed by atoms with Crippen molar-refractivity contribution in [2.45, 2.75) is 44.4 Å². The van der Waals surface area contributed by atoms with Crippen molar-refractivity contribution >= 4 is 27.5 Å². The van der Waals surface area contributed by atoms with Crippen molar-refractivity contribution in [3.05, 3.63) is 95.1 Å². The summed E-state index contributed by atoms with van der Waals surface area (Å²) in [4.78, 5) is 27.2. The lowest BCUT2D eigenvalue weighted by Crippen LogP contribution is -2.50. The molecular weight excluding hydrogens is 531 g/mol. The highest BCUT2D eigenvalue weighted by atomic mass is 32.2. The molecule has 0 bridgehead atoms. The Morgan fingerprint density at radius 3 is 2.03 bits per heavy atom. The maximum Gasteiger partial charge on any atom is 0.416 e. The van der Waals surface area contributed by atoms with Gasteiger partial charge in [-0.25, -0.2) is 8.42 Å². The fourth-order valence-electron chi connectivity index (χ4n) is 3.89. The third-order valence-corrected chi connectivity index (χ3v) is 8.02. The molecule has 3 aromatic rings. The summed E-state index contributed by atoms with van der Waals surface area (Å²) in [7, 11) is -3.07. The van der Waals surface area contributed by atoms with Gasteiger partial charge in [0, 0.05) is 13.6 Å². The number of likely N-dealkylation sites (N-methyl/N-ethyl adjacent to an activating group) is 1. The molecule has 0 spiro atoms. The number of benzene rings is 3. The molecular formula is C28H30F3N3O4S. The van der Waals surface area contributed by atoms with Gasteiger partial charge in [-0.05, 0) is 56.7 Å². The van der Waals surface area contributed by atoms with Gasteiger partial charge in [-0.3, -0.25) is 13.9 Å². The molecule has 0 saturated heterocycles. The number of nitrogens with zero attached hydrogens (tertiary/aromatic N) is 2. The minimum absolute atomic E-state index is 0.0191. The first kappa shape index (κ1) is 29.7. The molecule has 1 N–H and O–H groups in total. The third kappa shape index (κ3) is 7.17. The Morgan fingerprint density at radius 1 is 0.923 bits per heavy atom. The lowest BCUT2D eigenvalue weighted by atomic mass is 10.1. The van der Waals surface area contributed by atoms with Gasteiger partial charge in [0.25, 0.3) is 10.0 Å². The van der Waals surface area contributed by atoms with E-state index < -0.39 is 46.2 Å². The first-order chi connectivity index (χ1) is 18.2. The van der Waals surface area contributed by atoms with Crippen LogP contribution < -0.4 is 9.62 Å². The Labute approximate surface area is 226 Å². The average Bonchev–Trinajstić information content (AvgIpc) is 2.90. The molecule has 11 heteroatoms. The highest BCUT2D eigenvalue weighted by Gasteiger charge is 2.35. The van der Waals surface area contributed by atoms with Crippen LogP contribution >= 0.6 is 0 Å². The average molecular weight is 562 g/mol. The van der Waals surface area contributed by atoms with Gasteiger partial charge in [0.2, 0.25) is 11.8 Å². The number of alkyl halides is 3. The van der Waals surface area contributed by atoms with E-state index in [0.29, 0.717) is 15.9 Å². The van der Waals surface area contributed by atoms with Crippen LogP contribution in [0.1, 0.15) is 29.2 Å². The van der Waals surface area contributed by atoms with Crippen molar-refractivity contribution < 1.29 is 31.2 Å². The number of rotatable bonds is 9. The molecule has 0 aliphatic heterocycles. The van der Waals surface area contributed by atoms with Gasteiger partial charge < -0.3 is 10.2 Å². The van der Waals surface area contributed by atoms with Crippen LogP contribution in [0.4, 0.5) is 18.9 Å². The predicted octanol–water partition coefficient (Wildman–Crippen LogP) is 4.68. The Balaban J connectivity index is 2.09. The largest absolute Gasteiger partial charge is 0.416 e. The van der Waals surface area contributed by atoms with Gasteiger partial charge in [0.15, 0.2) is 0 Å². The van der Waals surface area contributed by atoms with Crippen molar-refractivity contribution in [1.82, 2.24) is 10.2 Å². The molecule has 208 valence electrons. The summed E-state index contributed by atoms with van der Waals surface area (Å²) in [6, 6.07) is 15.8. The molecule has 1 atom stereocenters. The summed E-state index contributed by atoms with van der Waals surface area (Å²) in [5.41, 5.74) is 1.06. The number of aryl methyl sites for hydroxylation is 2. The van der Waals surface area contributed by atoms with Crippen molar-refractivity contribution in [3.8, 4) is 0 Å². The van der Waals surface area contributed by atoms with Gasteiger partial charge in [-0.2, -0.15) is 13.2 Å². The van der Waals surface area contributed by atoms with E-state index in [1.807, 2.05) is 19.1 Å². The minimum Gasteiger partial charge on any atom is -0.357 e. The molecule has 0 radical (unpaired) electrons. The van der Waals surface area contributed by atoms with E-state index in [4.69, 9.17) is 0 Å². The second kappa shape index (κ2) is 11.9. The zero-order valence-electron chi connectivity index (χ0n) is 22.0. The van der Waals surface area contributed by atoms with Crippen LogP contribution in [0.2, 0.25) is 0 Å². The zero-order chi connectivity index (χ0) is 29.0. The first-order valence-corrected chi connectivity index (χ1v) is 13.5. The topological polar surface area (TPSA) is 86.8 Å². The van der Waals surface area contributed by atoms with Gasteiger partial charge in [-0.1, -0.05) is 53.6 Å². The fraction of sp³-hybridized carbons (Fsp3) is 0.286. The second-order valence-corrected chi connectivity index (χ2v) is 11.0. The summed E-state index contributed by atoms with van der Waals surface area (Å²) in [5.74, 6) is -1.25. The van der Waals surface area contributed by atoms with Crippen molar-refractivity contribution in [2.75, 3.05) is 17.9 Å². The molecule has 0 heterocycles. The number of carbonyl (C=O) groups is 2. The minimum atomic E-state index is -4.73. The molecule has 7 nitrogen and oxygen atoms in total. The normalized spacial score (nSPS) is 12.5. The monoisotopic (exact) mass is 561 g/mol. The molecule has 0 saturated carbocycles. The Morgan fingerprint density at radius 2 is 1.49 bits per heavy atom. The van der Waals surface area contributed by atoms with Crippen LogP contribution in [-0.2, 0) is 32.3 Å². The second-order valence-electron chi connectivity index (χ2n) is 9.17. The number of amides is 2. The molecule has 3 rings (SSSR count). The molecule has 0 aromatic heterocycles. The first-order valence-electron chi connectivity index (χ1n) is 12.1. The van der Waals surface area contributed by atoms with Crippen molar-refractivity contribution in [2.24, 2.45) is 0 Å². The maximum absolute atomic E-state index is 13.7. The summed E-state index contributed by atoms with van der Waals surface area (Å²) < 4.78 is 68.6. The summed E-state index contributed by atoms with van der Waals surface area (Å²) in [5, 5.41) is 2.48. The van der Waals surface area contributed by atoms with E-state index in [0.717, 1.165) is 23.3 Å². The number of sulfonamides is 1. The van der Waals surface area contributed by atoms with Crippen LogP contribution in [0.3, 0.4) is 0 Å². The number of anilines is 1. The van der Waals surface area contributed by atoms with Gasteiger partial charge in [0.1, 0.15) is 12.6 Å². The summed E-state index contributed by atoms with van der Waals surface area (Å²) >= 11 is 0. The van der Waals surface area contributed by atoms with Crippen LogP contribution in [0, 0.1) is 13.8 Å². The number of carbonyl (C=O) groups excluding carboxylic acids is 2.